The maximum Gasteiger partial charge on any atom is 0.318 e. The SMILES string of the molecule is CC(C)(C(=O)O)C(=O)NC1C2(C)CCC(C2)C1(C)C. The Bertz CT molecular complexity index is 422. The van der Waals surface area contributed by atoms with Crippen molar-refractivity contribution in [3.63, 3.8) is 0 Å². The number of amides is 1. The molecule has 2 N–H and O–H groups in total. The van der Waals surface area contributed by atoms with Gasteiger partial charge in [-0.05, 0) is 49.9 Å². The van der Waals surface area contributed by atoms with Crippen molar-refractivity contribution >= 4 is 11.9 Å². The van der Waals surface area contributed by atoms with E-state index in [2.05, 4.69) is 26.1 Å². The number of aliphatic carboxylic acids is 1. The minimum atomic E-state index is -1.37. The third-order valence-electron chi connectivity index (χ3n) is 5.65. The molecule has 0 aromatic heterocycles. The molecule has 19 heavy (non-hydrogen) atoms. The molecule has 2 rings (SSSR count). The van der Waals surface area contributed by atoms with Gasteiger partial charge in [0.25, 0.3) is 0 Å². The van der Waals surface area contributed by atoms with Crippen LogP contribution in [0.4, 0.5) is 0 Å². The standard InChI is InChI=1S/C15H25NO3/c1-13(2)9-6-7-15(5,8-9)10(13)16-11(17)14(3,4)12(18)19/h9-10H,6-8H2,1-5H3,(H,16,17)(H,18,19). The molecule has 3 atom stereocenters. The Labute approximate surface area is 115 Å². The highest BCUT2D eigenvalue weighted by Gasteiger charge is 2.60. The van der Waals surface area contributed by atoms with Gasteiger partial charge in [-0.3, -0.25) is 9.59 Å². The molecule has 0 heterocycles. The summed E-state index contributed by atoms with van der Waals surface area (Å²) in [5.74, 6) is -0.807. The van der Waals surface area contributed by atoms with Gasteiger partial charge in [0, 0.05) is 6.04 Å². The van der Waals surface area contributed by atoms with Gasteiger partial charge in [0.1, 0.15) is 5.41 Å². The van der Waals surface area contributed by atoms with Crippen LogP contribution < -0.4 is 5.32 Å². The van der Waals surface area contributed by atoms with Crippen molar-refractivity contribution in [1.29, 1.82) is 0 Å². The molecule has 1 amide bonds. The van der Waals surface area contributed by atoms with Gasteiger partial charge in [-0.1, -0.05) is 20.8 Å². The molecule has 0 aliphatic heterocycles. The summed E-state index contributed by atoms with van der Waals surface area (Å²) in [6, 6.07) is 0.0740. The molecule has 0 radical (unpaired) electrons. The molecule has 0 spiro atoms. The van der Waals surface area contributed by atoms with E-state index in [4.69, 9.17) is 5.11 Å². The summed E-state index contributed by atoms with van der Waals surface area (Å²) < 4.78 is 0. The molecule has 4 nitrogen and oxygen atoms in total. The smallest absolute Gasteiger partial charge is 0.318 e. The second-order valence-electron chi connectivity index (χ2n) is 7.75. The van der Waals surface area contributed by atoms with E-state index in [-0.39, 0.29) is 22.8 Å². The van der Waals surface area contributed by atoms with Crippen LogP contribution >= 0.6 is 0 Å². The van der Waals surface area contributed by atoms with E-state index in [0.717, 1.165) is 12.8 Å². The van der Waals surface area contributed by atoms with Crippen molar-refractivity contribution in [3.8, 4) is 0 Å². The van der Waals surface area contributed by atoms with Crippen LogP contribution in [0.2, 0.25) is 0 Å². The van der Waals surface area contributed by atoms with Gasteiger partial charge in [-0.15, -0.1) is 0 Å². The molecule has 2 saturated carbocycles. The molecular formula is C15H25NO3. The zero-order valence-electron chi connectivity index (χ0n) is 12.5. The third-order valence-corrected chi connectivity index (χ3v) is 5.65. The van der Waals surface area contributed by atoms with Crippen LogP contribution in [-0.4, -0.2) is 23.0 Å². The minimum absolute atomic E-state index is 0.0528. The highest BCUT2D eigenvalue weighted by Crippen LogP contribution is 2.62. The predicted octanol–water partition coefficient (Wildman–Crippen LogP) is 2.43. The van der Waals surface area contributed by atoms with Crippen molar-refractivity contribution in [2.75, 3.05) is 0 Å². The van der Waals surface area contributed by atoms with Crippen LogP contribution in [0.25, 0.3) is 0 Å². The average Bonchev–Trinajstić information content (AvgIpc) is 2.75. The summed E-state index contributed by atoms with van der Waals surface area (Å²) in [6.07, 6.45) is 3.48. The quantitative estimate of drug-likeness (QED) is 0.772. The molecule has 2 bridgehead atoms. The first-order valence-electron chi connectivity index (χ1n) is 7.06. The predicted molar refractivity (Wildman–Crippen MR) is 72.6 cm³/mol. The fourth-order valence-corrected chi connectivity index (χ4v) is 4.07. The number of nitrogens with one attached hydrogen (secondary N) is 1. The van der Waals surface area contributed by atoms with Gasteiger partial charge < -0.3 is 10.4 Å². The van der Waals surface area contributed by atoms with Gasteiger partial charge in [0.15, 0.2) is 0 Å². The molecule has 3 unspecified atom stereocenters. The number of hydrogen-bond acceptors (Lipinski definition) is 2. The summed E-state index contributed by atoms with van der Waals surface area (Å²) in [5.41, 5.74) is -1.19. The minimum Gasteiger partial charge on any atom is -0.480 e. The monoisotopic (exact) mass is 267 g/mol. The molecular weight excluding hydrogens is 242 g/mol. The van der Waals surface area contributed by atoms with Crippen molar-refractivity contribution in [2.45, 2.75) is 59.9 Å². The summed E-state index contributed by atoms with van der Waals surface area (Å²) >= 11 is 0. The Morgan fingerprint density at radius 3 is 2.26 bits per heavy atom. The first-order chi connectivity index (χ1) is 8.52. The Morgan fingerprint density at radius 2 is 1.84 bits per heavy atom. The van der Waals surface area contributed by atoms with E-state index in [1.165, 1.54) is 20.3 Å². The molecule has 0 aromatic carbocycles. The van der Waals surface area contributed by atoms with Gasteiger partial charge in [-0.25, -0.2) is 0 Å². The van der Waals surface area contributed by atoms with Crippen LogP contribution in [0.5, 0.6) is 0 Å². The van der Waals surface area contributed by atoms with Crippen LogP contribution in [0.3, 0.4) is 0 Å². The van der Waals surface area contributed by atoms with Gasteiger partial charge in [0.2, 0.25) is 5.91 Å². The molecule has 0 aromatic rings. The summed E-state index contributed by atoms with van der Waals surface area (Å²) in [5, 5.41) is 12.2. The number of carboxylic acids is 1. The van der Waals surface area contributed by atoms with Gasteiger partial charge in [0.05, 0.1) is 0 Å². The Balaban J connectivity index is 2.20. The lowest BCUT2D eigenvalue weighted by atomic mass is 9.68. The zero-order chi connectivity index (χ0) is 14.6. The molecule has 4 heteroatoms. The largest absolute Gasteiger partial charge is 0.480 e. The lowest BCUT2D eigenvalue weighted by Gasteiger charge is -2.44. The first kappa shape index (κ1) is 14.4. The highest BCUT2D eigenvalue weighted by molar-refractivity contribution is 6.01. The molecule has 2 aliphatic carbocycles. The van der Waals surface area contributed by atoms with E-state index in [0.29, 0.717) is 5.92 Å². The van der Waals surface area contributed by atoms with E-state index < -0.39 is 11.4 Å². The van der Waals surface area contributed by atoms with Crippen LogP contribution in [0, 0.1) is 22.2 Å². The molecule has 2 aliphatic rings. The lowest BCUT2D eigenvalue weighted by Crippen LogP contribution is -2.56. The highest BCUT2D eigenvalue weighted by atomic mass is 16.4. The van der Waals surface area contributed by atoms with E-state index in [1.807, 2.05) is 0 Å². The number of hydrogen-bond donors (Lipinski definition) is 2. The van der Waals surface area contributed by atoms with Gasteiger partial charge >= 0.3 is 5.97 Å². The average molecular weight is 267 g/mol. The fourth-order valence-electron chi connectivity index (χ4n) is 4.07. The number of carbonyl (C=O) groups excluding carboxylic acids is 1. The number of carboxylic acid groups (broad SMARTS) is 1. The van der Waals surface area contributed by atoms with Crippen molar-refractivity contribution < 1.29 is 14.7 Å². The normalized spacial score (nSPS) is 36.3. The number of fused-ring (bicyclic) bond motifs is 2. The van der Waals surface area contributed by atoms with E-state index >= 15 is 0 Å². The zero-order valence-corrected chi connectivity index (χ0v) is 12.5. The van der Waals surface area contributed by atoms with Crippen molar-refractivity contribution in [1.82, 2.24) is 5.32 Å². The van der Waals surface area contributed by atoms with Gasteiger partial charge in [-0.2, -0.15) is 0 Å². The van der Waals surface area contributed by atoms with E-state index in [9.17, 15) is 9.59 Å². The summed E-state index contributed by atoms with van der Waals surface area (Å²) in [6.45, 7) is 9.54. The molecule has 108 valence electrons. The maximum absolute atomic E-state index is 12.3. The van der Waals surface area contributed by atoms with Crippen LogP contribution in [-0.2, 0) is 9.59 Å². The number of rotatable bonds is 3. The van der Waals surface area contributed by atoms with Crippen LogP contribution in [0.1, 0.15) is 53.9 Å². The summed E-state index contributed by atoms with van der Waals surface area (Å²) in [4.78, 5) is 23.5. The lowest BCUT2D eigenvalue weighted by molar-refractivity contribution is -0.154. The Hall–Kier alpha value is -1.06. The Morgan fingerprint density at radius 1 is 1.26 bits per heavy atom. The second-order valence-corrected chi connectivity index (χ2v) is 7.75. The Kier molecular flexibility index (Phi) is 3.00. The summed E-state index contributed by atoms with van der Waals surface area (Å²) in [7, 11) is 0. The van der Waals surface area contributed by atoms with Crippen LogP contribution in [0.15, 0.2) is 0 Å². The second kappa shape index (κ2) is 3.97. The molecule has 2 fully saturated rings. The fraction of sp³-hybridized carbons (Fsp3) is 0.867. The van der Waals surface area contributed by atoms with E-state index in [1.54, 1.807) is 0 Å². The molecule has 0 saturated heterocycles. The number of carbonyl (C=O) groups is 2. The topological polar surface area (TPSA) is 66.4 Å². The third kappa shape index (κ3) is 1.96. The first-order valence-corrected chi connectivity index (χ1v) is 7.06. The van der Waals surface area contributed by atoms with Crippen molar-refractivity contribution in [3.05, 3.63) is 0 Å². The maximum atomic E-state index is 12.3. The van der Waals surface area contributed by atoms with Crippen molar-refractivity contribution in [2.24, 2.45) is 22.2 Å².